The number of likely N-dealkylation sites (tertiary alicyclic amines) is 2. The number of ether oxygens (including phenoxy) is 1. The summed E-state index contributed by atoms with van der Waals surface area (Å²) in [6, 6.07) is 9.46. The predicted octanol–water partition coefficient (Wildman–Crippen LogP) is 4.03. The average molecular weight is 569 g/mol. The van der Waals surface area contributed by atoms with Gasteiger partial charge in [-0.2, -0.15) is 0 Å². The van der Waals surface area contributed by atoms with Gasteiger partial charge in [0.05, 0.1) is 34.7 Å². The zero-order valence-corrected chi connectivity index (χ0v) is 24.8. The number of carbonyl (C=O) groups excluding carboxylic acids is 3. The number of nitrogens with zero attached hydrogens (tertiary/aromatic N) is 4. The lowest BCUT2D eigenvalue weighted by molar-refractivity contribution is -0.144. The molecule has 0 aliphatic carbocycles. The summed E-state index contributed by atoms with van der Waals surface area (Å²) in [5.74, 6) is -1.65. The number of hydrogen-bond donors (Lipinski definition) is 2. The smallest absolute Gasteiger partial charge is 0.313 e. The molecule has 2 fully saturated rings. The number of anilines is 1. The van der Waals surface area contributed by atoms with Crippen molar-refractivity contribution < 1.29 is 19.1 Å². The monoisotopic (exact) mass is 568 g/mol. The van der Waals surface area contributed by atoms with Gasteiger partial charge < -0.3 is 25.6 Å². The van der Waals surface area contributed by atoms with Gasteiger partial charge in [0.1, 0.15) is 5.56 Å². The third kappa shape index (κ3) is 8.99. The molecule has 0 radical (unpaired) electrons. The number of nitrogens with one attached hydrogen (secondary N) is 1. The number of hydrogen-bond acceptors (Lipinski definition) is 8. The molecule has 2 aliphatic heterocycles. The number of benzene rings is 1. The molecular weight excluding hydrogens is 528 g/mol. The van der Waals surface area contributed by atoms with E-state index in [0.717, 1.165) is 18.4 Å². The number of carbonyl (C=O) groups is 3. The van der Waals surface area contributed by atoms with Crippen LogP contribution in [0.4, 0.5) is 5.69 Å². The second kappa shape index (κ2) is 14.2. The van der Waals surface area contributed by atoms with Crippen LogP contribution in [0.15, 0.2) is 42.0 Å². The van der Waals surface area contributed by atoms with Gasteiger partial charge in [0.25, 0.3) is 5.91 Å². The number of amides is 3. The highest BCUT2D eigenvalue weighted by Gasteiger charge is 2.27. The first kappa shape index (κ1) is 31.0. The summed E-state index contributed by atoms with van der Waals surface area (Å²) in [5, 5.41) is 2.44. The first-order valence-corrected chi connectivity index (χ1v) is 14.3. The Morgan fingerprint density at radius 2 is 1.93 bits per heavy atom. The quantitative estimate of drug-likeness (QED) is 0.456. The number of fused-ring (bicyclic) bond motifs is 1. The number of pyridine rings is 1. The summed E-state index contributed by atoms with van der Waals surface area (Å²) in [6.45, 7) is 10.4. The van der Waals surface area contributed by atoms with Gasteiger partial charge in [-0.3, -0.25) is 14.4 Å². The van der Waals surface area contributed by atoms with Gasteiger partial charge in [-0.25, -0.2) is 9.97 Å². The number of aromatic nitrogens is 2. The molecule has 5 rings (SSSR count). The molecule has 3 amide bonds. The molecule has 11 heteroatoms. The fourth-order valence-corrected chi connectivity index (χ4v) is 5.43. The van der Waals surface area contributed by atoms with Gasteiger partial charge in [-0.1, -0.05) is 32.9 Å². The summed E-state index contributed by atoms with van der Waals surface area (Å²) in [6.07, 6.45) is 4.60. The minimum Gasteiger partial charge on any atom is -0.480 e. The summed E-state index contributed by atoms with van der Waals surface area (Å²) in [5.41, 5.74) is 9.04. The van der Waals surface area contributed by atoms with Crippen LogP contribution in [0.3, 0.4) is 0 Å². The molecular formula is C29H40N6O4S. The second-order valence-electron chi connectivity index (χ2n) is 11.1. The van der Waals surface area contributed by atoms with E-state index in [4.69, 9.17) is 10.5 Å². The van der Waals surface area contributed by atoms with E-state index < -0.39 is 17.7 Å². The first-order valence-electron chi connectivity index (χ1n) is 13.4. The predicted molar refractivity (Wildman–Crippen MR) is 158 cm³/mol. The van der Waals surface area contributed by atoms with E-state index in [0.29, 0.717) is 24.4 Å². The van der Waals surface area contributed by atoms with Crippen molar-refractivity contribution in [1.82, 2.24) is 19.8 Å². The molecule has 2 aliphatic rings. The van der Waals surface area contributed by atoms with Gasteiger partial charge in [0.2, 0.25) is 5.88 Å². The van der Waals surface area contributed by atoms with Crippen LogP contribution in [0.25, 0.3) is 10.2 Å². The number of thiazole rings is 1. The maximum absolute atomic E-state index is 12.2. The first-order chi connectivity index (χ1) is 19.0. The van der Waals surface area contributed by atoms with Crippen LogP contribution >= 0.6 is 11.3 Å². The molecule has 216 valence electrons. The van der Waals surface area contributed by atoms with Gasteiger partial charge >= 0.3 is 11.8 Å². The zero-order valence-electron chi connectivity index (χ0n) is 24.0. The number of nitrogens with two attached hydrogens (primary N) is 1. The third-order valence-electron chi connectivity index (χ3n) is 6.81. The lowest BCUT2D eigenvalue weighted by Gasteiger charge is -2.30. The van der Waals surface area contributed by atoms with Crippen LogP contribution in [0, 0.1) is 11.3 Å². The summed E-state index contributed by atoms with van der Waals surface area (Å²) >= 11 is 1.68. The Labute approximate surface area is 239 Å². The molecule has 1 aromatic carbocycles. The number of methoxy groups -OCH3 is 1. The van der Waals surface area contributed by atoms with Crippen LogP contribution in [0.1, 0.15) is 50.4 Å². The van der Waals surface area contributed by atoms with E-state index in [2.05, 4.69) is 47.1 Å². The van der Waals surface area contributed by atoms with Crippen molar-refractivity contribution in [3.63, 3.8) is 0 Å². The van der Waals surface area contributed by atoms with Crippen LogP contribution in [-0.4, -0.2) is 77.8 Å². The fraction of sp³-hybridized carbons (Fsp3) is 0.483. The zero-order chi connectivity index (χ0) is 29.3. The maximum atomic E-state index is 12.2. The molecule has 2 saturated heterocycles. The number of rotatable bonds is 3. The van der Waals surface area contributed by atoms with Crippen molar-refractivity contribution in [3.05, 3.63) is 47.6 Å². The van der Waals surface area contributed by atoms with Gasteiger partial charge in [0.15, 0.2) is 0 Å². The topological polar surface area (TPSA) is 131 Å². The van der Waals surface area contributed by atoms with E-state index in [9.17, 15) is 14.4 Å². The van der Waals surface area contributed by atoms with Crippen molar-refractivity contribution in [2.24, 2.45) is 17.1 Å². The standard InChI is InChI=1S/C15H20N4O4.C7H5NS.C7H15N/c1-9-4-3-5-19(8-9)15(22)13(21)18-10-6-11(12(16)20)14(23-2)17-7-10;1-2-4-7-6(3-1)8-5-9-7;1-7(2)4-5-8(3)6-7/h6-7,9H,3-5,8H2,1-2H3,(H2,16,20)(H,18,21);1-5H;4-6H2,1-3H3. The fourth-order valence-electron chi connectivity index (χ4n) is 4.75. The Bertz CT molecular complexity index is 1280. The minimum atomic E-state index is -0.763. The molecule has 1 unspecified atom stereocenters. The average Bonchev–Trinajstić information content (AvgIpc) is 3.53. The Morgan fingerprint density at radius 1 is 1.18 bits per heavy atom. The molecule has 1 atom stereocenters. The molecule has 4 heterocycles. The number of para-hydroxylation sites is 1. The highest BCUT2D eigenvalue weighted by atomic mass is 32.1. The highest BCUT2D eigenvalue weighted by molar-refractivity contribution is 7.16. The summed E-state index contributed by atoms with van der Waals surface area (Å²) < 4.78 is 6.18. The maximum Gasteiger partial charge on any atom is 0.313 e. The van der Waals surface area contributed by atoms with E-state index in [1.165, 1.54) is 48.5 Å². The number of piperidine rings is 1. The van der Waals surface area contributed by atoms with Crippen molar-refractivity contribution in [1.29, 1.82) is 0 Å². The SMILES string of the molecule is CN1CCC(C)(C)C1.COc1ncc(NC(=O)C(=O)N2CCCC(C)C2)cc1C(N)=O.c1ccc2scnc2c1. The van der Waals surface area contributed by atoms with Crippen molar-refractivity contribution in [3.8, 4) is 5.88 Å². The van der Waals surface area contributed by atoms with Gasteiger partial charge in [0, 0.05) is 19.6 Å². The molecule has 3 N–H and O–H groups in total. The van der Waals surface area contributed by atoms with E-state index in [1.54, 1.807) is 11.3 Å². The highest BCUT2D eigenvalue weighted by Crippen LogP contribution is 2.27. The largest absolute Gasteiger partial charge is 0.480 e. The van der Waals surface area contributed by atoms with Crippen LogP contribution < -0.4 is 15.8 Å². The Morgan fingerprint density at radius 3 is 2.50 bits per heavy atom. The lowest BCUT2D eigenvalue weighted by Crippen LogP contribution is -2.44. The Kier molecular flexibility index (Phi) is 11.0. The normalized spacial score (nSPS) is 18.1. The molecule has 0 spiro atoms. The molecule has 0 saturated carbocycles. The molecule has 40 heavy (non-hydrogen) atoms. The molecule has 3 aromatic rings. The van der Waals surface area contributed by atoms with Crippen LogP contribution in [-0.2, 0) is 9.59 Å². The van der Waals surface area contributed by atoms with Crippen LogP contribution in [0.5, 0.6) is 5.88 Å². The van der Waals surface area contributed by atoms with Crippen LogP contribution in [0.2, 0.25) is 0 Å². The van der Waals surface area contributed by atoms with Crippen molar-refractivity contribution in [2.75, 3.05) is 45.7 Å². The van der Waals surface area contributed by atoms with Gasteiger partial charge in [-0.15, -0.1) is 11.3 Å². The minimum absolute atomic E-state index is 0.0318. The van der Waals surface area contributed by atoms with E-state index in [1.807, 2.05) is 30.6 Å². The Balaban J connectivity index is 0.000000208. The lowest BCUT2D eigenvalue weighted by atomic mass is 9.93. The van der Waals surface area contributed by atoms with Crippen molar-refractivity contribution >= 4 is 45.0 Å². The van der Waals surface area contributed by atoms with Crippen molar-refractivity contribution in [2.45, 2.75) is 40.0 Å². The third-order valence-corrected chi connectivity index (χ3v) is 7.62. The molecule has 2 aromatic heterocycles. The summed E-state index contributed by atoms with van der Waals surface area (Å²) in [4.78, 5) is 47.5. The van der Waals surface area contributed by atoms with E-state index in [-0.39, 0.29) is 17.1 Å². The molecule has 10 nitrogen and oxygen atoms in total. The number of primary amides is 1. The summed E-state index contributed by atoms with van der Waals surface area (Å²) in [7, 11) is 3.54. The van der Waals surface area contributed by atoms with E-state index >= 15 is 0 Å². The second-order valence-corrected chi connectivity index (χ2v) is 12.0. The Hall–Kier alpha value is -3.57. The molecule has 0 bridgehead atoms. The van der Waals surface area contributed by atoms with Gasteiger partial charge in [-0.05, 0) is 62.4 Å².